The summed E-state index contributed by atoms with van der Waals surface area (Å²) in [5.41, 5.74) is 3.51. The highest BCUT2D eigenvalue weighted by molar-refractivity contribution is 5.33. The molecule has 2 heteroatoms. The van der Waals surface area contributed by atoms with Gasteiger partial charge >= 0.3 is 0 Å². The van der Waals surface area contributed by atoms with Gasteiger partial charge in [-0.15, -0.1) is 0 Å². The second-order valence-electron chi connectivity index (χ2n) is 4.12. The Morgan fingerprint density at radius 2 is 2.00 bits per heavy atom. The predicted octanol–water partition coefficient (Wildman–Crippen LogP) is 3.53. The molecule has 2 aromatic rings. The first-order chi connectivity index (χ1) is 8.29. The van der Waals surface area contributed by atoms with Crippen molar-refractivity contribution in [1.82, 2.24) is 4.98 Å². The van der Waals surface area contributed by atoms with E-state index >= 15 is 0 Å². The number of hydrogen-bond donors (Lipinski definition) is 0. The largest absolute Gasteiger partial charge is 0.489 e. The zero-order valence-electron chi connectivity index (χ0n) is 10.3. The van der Waals surface area contributed by atoms with Gasteiger partial charge in [0, 0.05) is 18.0 Å². The van der Waals surface area contributed by atoms with Crippen LogP contribution in [0, 0.1) is 6.92 Å². The van der Waals surface area contributed by atoms with Crippen molar-refractivity contribution in [1.29, 1.82) is 0 Å². The molecule has 0 amide bonds. The van der Waals surface area contributed by atoms with Crippen molar-refractivity contribution in [3.63, 3.8) is 0 Å². The molecule has 0 aliphatic carbocycles. The molecule has 17 heavy (non-hydrogen) atoms. The monoisotopic (exact) mass is 227 g/mol. The number of aryl methyl sites for hydroxylation is 2. The highest BCUT2D eigenvalue weighted by Gasteiger charge is 2.01. The fourth-order valence-corrected chi connectivity index (χ4v) is 1.79. The molecule has 0 atom stereocenters. The quantitative estimate of drug-likeness (QED) is 0.797. The number of aromatic nitrogens is 1. The molecular formula is C15H17NO. The topological polar surface area (TPSA) is 22.1 Å². The number of benzene rings is 1. The summed E-state index contributed by atoms with van der Waals surface area (Å²) in [4.78, 5) is 4.16. The normalized spacial score (nSPS) is 10.2. The standard InChI is InChI=1S/C15H17NO/c1-3-14-6-4-5-7-15(14)17-11-13-8-12(2)9-16-10-13/h4-10H,3,11H2,1-2H3. The average molecular weight is 227 g/mol. The fraction of sp³-hybridized carbons (Fsp3) is 0.267. The first kappa shape index (κ1) is 11.6. The van der Waals surface area contributed by atoms with Crippen molar-refractivity contribution in [2.75, 3.05) is 0 Å². The maximum Gasteiger partial charge on any atom is 0.122 e. The van der Waals surface area contributed by atoms with Crippen molar-refractivity contribution >= 4 is 0 Å². The molecule has 0 aliphatic heterocycles. The molecular weight excluding hydrogens is 210 g/mol. The maximum atomic E-state index is 5.83. The van der Waals surface area contributed by atoms with E-state index in [1.807, 2.05) is 37.5 Å². The highest BCUT2D eigenvalue weighted by Crippen LogP contribution is 2.19. The lowest BCUT2D eigenvalue weighted by molar-refractivity contribution is 0.302. The van der Waals surface area contributed by atoms with E-state index < -0.39 is 0 Å². The number of rotatable bonds is 4. The zero-order valence-corrected chi connectivity index (χ0v) is 10.3. The Kier molecular flexibility index (Phi) is 3.76. The summed E-state index contributed by atoms with van der Waals surface area (Å²) in [5.74, 6) is 0.969. The summed E-state index contributed by atoms with van der Waals surface area (Å²) in [5, 5.41) is 0. The van der Waals surface area contributed by atoms with E-state index in [1.54, 1.807) is 0 Å². The SMILES string of the molecule is CCc1ccccc1OCc1cncc(C)c1. The Morgan fingerprint density at radius 3 is 2.76 bits per heavy atom. The smallest absolute Gasteiger partial charge is 0.122 e. The zero-order chi connectivity index (χ0) is 12.1. The molecule has 1 heterocycles. The van der Waals surface area contributed by atoms with Gasteiger partial charge in [0.05, 0.1) is 0 Å². The number of para-hydroxylation sites is 1. The van der Waals surface area contributed by atoms with Crippen LogP contribution in [0.3, 0.4) is 0 Å². The third-order valence-electron chi connectivity index (χ3n) is 2.68. The predicted molar refractivity (Wildman–Crippen MR) is 69.1 cm³/mol. The van der Waals surface area contributed by atoms with Gasteiger partial charge in [-0.2, -0.15) is 0 Å². The molecule has 0 saturated heterocycles. The van der Waals surface area contributed by atoms with Gasteiger partial charge in [0.25, 0.3) is 0 Å². The van der Waals surface area contributed by atoms with E-state index in [1.165, 1.54) is 5.56 Å². The van der Waals surface area contributed by atoms with Gasteiger partial charge in [-0.25, -0.2) is 0 Å². The van der Waals surface area contributed by atoms with Gasteiger partial charge in [-0.1, -0.05) is 25.1 Å². The molecule has 0 N–H and O–H groups in total. The van der Waals surface area contributed by atoms with Crippen LogP contribution >= 0.6 is 0 Å². The molecule has 0 radical (unpaired) electrons. The molecule has 2 nitrogen and oxygen atoms in total. The van der Waals surface area contributed by atoms with Crippen molar-refractivity contribution in [3.05, 3.63) is 59.4 Å². The highest BCUT2D eigenvalue weighted by atomic mass is 16.5. The molecule has 0 unspecified atom stereocenters. The van der Waals surface area contributed by atoms with Crippen molar-refractivity contribution in [2.24, 2.45) is 0 Å². The van der Waals surface area contributed by atoms with Gasteiger partial charge in [0.15, 0.2) is 0 Å². The summed E-state index contributed by atoms with van der Waals surface area (Å²) in [6.45, 7) is 4.75. The lowest BCUT2D eigenvalue weighted by atomic mass is 10.1. The third kappa shape index (κ3) is 3.06. The Balaban J connectivity index is 2.07. The Morgan fingerprint density at radius 1 is 1.18 bits per heavy atom. The lowest BCUT2D eigenvalue weighted by Gasteiger charge is -2.10. The summed E-state index contributed by atoms with van der Waals surface area (Å²) in [7, 11) is 0. The van der Waals surface area contributed by atoms with Crippen molar-refractivity contribution in [2.45, 2.75) is 26.9 Å². The third-order valence-corrected chi connectivity index (χ3v) is 2.68. The minimum atomic E-state index is 0.575. The van der Waals surface area contributed by atoms with E-state index in [9.17, 15) is 0 Å². The second kappa shape index (κ2) is 5.48. The van der Waals surface area contributed by atoms with Crippen LogP contribution in [0.2, 0.25) is 0 Å². The average Bonchev–Trinajstić information content (AvgIpc) is 2.37. The van der Waals surface area contributed by atoms with Crippen LogP contribution in [0.4, 0.5) is 0 Å². The first-order valence-corrected chi connectivity index (χ1v) is 5.91. The van der Waals surface area contributed by atoms with Gasteiger partial charge < -0.3 is 4.74 Å². The fourth-order valence-electron chi connectivity index (χ4n) is 1.79. The van der Waals surface area contributed by atoms with Crippen molar-refractivity contribution < 1.29 is 4.74 Å². The second-order valence-corrected chi connectivity index (χ2v) is 4.12. The van der Waals surface area contributed by atoms with Crippen LogP contribution in [0.15, 0.2) is 42.7 Å². The molecule has 0 bridgehead atoms. The Bertz CT molecular complexity index is 494. The molecule has 1 aromatic carbocycles. The van der Waals surface area contributed by atoms with E-state index in [2.05, 4.69) is 24.0 Å². The number of ether oxygens (including phenoxy) is 1. The molecule has 1 aromatic heterocycles. The number of nitrogens with zero attached hydrogens (tertiary/aromatic N) is 1. The van der Waals surface area contributed by atoms with Crippen LogP contribution in [-0.4, -0.2) is 4.98 Å². The number of pyridine rings is 1. The molecule has 2 rings (SSSR count). The maximum absolute atomic E-state index is 5.83. The van der Waals surface area contributed by atoms with Crippen LogP contribution in [-0.2, 0) is 13.0 Å². The molecule has 0 saturated carbocycles. The molecule has 0 fully saturated rings. The van der Waals surface area contributed by atoms with Gasteiger partial charge in [0.2, 0.25) is 0 Å². The summed E-state index contributed by atoms with van der Waals surface area (Å²) in [6.07, 6.45) is 4.69. The Hall–Kier alpha value is -1.83. The van der Waals surface area contributed by atoms with Crippen LogP contribution < -0.4 is 4.74 Å². The summed E-state index contributed by atoms with van der Waals surface area (Å²) >= 11 is 0. The van der Waals surface area contributed by atoms with Crippen LogP contribution in [0.25, 0.3) is 0 Å². The van der Waals surface area contributed by atoms with Gasteiger partial charge in [0.1, 0.15) is 12.4 Å². The summed E-state index contributed by atoms with van der Waals surface area (Å²) in [6, 6.07) is 10.3. The molecule has 0 aliphatic rings. The minimum absolute atomic E-state index is 0.575. The van der Waals surface area contributed by atoms with Gasteiger partial charge in [-0.05, 0) is 36.6 Å². The van der Waals surface area contributed by atoms with E-state index in [0.29, 0.717) is 6.61 Å². The molecule has 0 spiro atoms. The van der Waals surface area contributed by atoms with Gasteiger partial charge in [-0.3, -0.25) is 4.98 Å². The van der Waals surface area contributed by atoms with Crippen LogP contribution in [0.5, 0.6) is 5.75 Å². The Labute approximate surface area is 102 Å². The van der Waals surface area contributed by atoms with E-state index in [0.717, 1.165) is 23.3 Å². The van der Waals surface area contributed by atoms with E-state index in [4.69, 9.17) is 4.74 Å². The molecule has 88 valence electrons. The van der Waals surface area contributed by atoms with Crippen LogP contribution in [0.1, 0.15) is 23.6 Å². The lowest BCUT2D eigenvalue weighted by Crippen LogP contribution is -1.99. The number of hydrogen-bond acceptors (Lipinski definition) is 2. The minimum Gasteiger partial charge on any atom is -0.489 e. The van der Waals surface area contributed by atoms with E-state index in [-0.39, 0.29) is 0 Å². The first-order valence-electron chi connectivity index (χ1n) is 5.91. The summed E-state index contributed by atoms with van der Waals surface area (Å²) < 4.78 is 5.83. The van der Waals surface area contributed by atoms with Crippen molar-refractivity contribution in [3.8, 4) is 5.75 Å².